The van der Waals surface area contributed by atoms with Crippen LogP contribution in [0.2, 0.25) is 0 Å². The zero-order valence-corrected chi connectivity index (χ0v) is 9.64. The van der Waals surface area contributed by atoms with Gasteiger partial charge >= 0.3 is 0 Å². The SMILES string of the molecule is C[C@H](NC(=O)c1ccccc1)C(=O)NCCO. The number of benzene rings is 1. The van der Waals surface area contributed by atoms with Crippen LogP contribution in [0.4, 0.5) is 0 Å². The molecule has 2 amide bonds. The highest BCUT2D eigenvalue weighted by Crippen LogP contribution is 1.98. The second-order valence-electron chi connectivity index (χ2n) is 3.58. The fraction of sp³-hybridized carbons (Fsp3) is 0.333. The van der Waals surface area contributed by atoms with E-state index in [2.05, 4.69) is 10.6 Å². The van der Waals surface area contributed by atoms with Crippen LogP contribution in [0, 0.1) is 0 Å². The van der Waals surface area contributed by atoms with Gasteiger partial charge in [-0.2, -0.15) is 0 Å². The third-order valence-electron chi connectivity index (χ3n) is 2.19. The molecule has 0 radical (unpaired) electrons. The third kappa shape index (κ3) is 4.24. The van der Waals surface area contributed by atoms with Gasteiger partial charge in [-0.15, -0.1) is 0 Å². The van der Waals surface area contributed by atoms with Crippen molar-refractivity contribution in [3.63, 3.8) is 0 Å². The minimum Gasteiger partial charge on any atom is -0.395 e. The first-order valence-corrected chi connectivity index (χ1v) is 5.39. The maximum atomic E-state index is 11.7. The molecule has 5 heteroatoms. The first-order valence-electron chi connectivity index (χ1n) is 5.39. The van der Waals surface area contributed by atoms with Gasteiger partial charge in [0.15, 0.2) is 0 Å². The van der Waals surface area contributed by atoms with Crippen LogP contribution in [0.15, 0.2) is 30.3 Å². The number of aliphatic hydroxyl groups excluding tert-OH is 1. The fourth-order valence-corrected chi connectivity index (χ4v) is 1.27. The van der Waals surface area contributed by atoms with Crippen molar-refractivity contribution in [1.82, 2.24) is 10.6 Å². The molecule has 1 rings (SSSR count). The molecule has 1 aromatic rings. The van der Waals surface area contributed by atoms with Gasteiger partial charge in [0, 0.05) is 12.1 Å². The van der Waals surface area contributed by atoms with Gasteiger partial charge < -0.3 is 15.7 Å². The summed E-state index contributed by atoms with van der Waals surface area (Å²) in [5.41, 5.74) is 0.509. The Hall–Kier alpha value is -1.88. The summed E-state index contributed by atoms with van der Waals surface area (Å²) in [7, 11) is 0. The van der Waals surface area contributed by atoms with Crippen LogP contribution in [-0.2, 0) is 4.79 Å². The third-order valence-corrected chi connectivity index (χ3v) is 2.19. The molecule has 0 spiro atoms. The van der Waals surface area contributed by atoms with Crippen molar-refractivity contribution in [1.29, 1.82) is 0 Å². The number of carbonyl (C=O) groups is 2. The van der Waals surface area contributed by atoms with E-state index in [4.69, 9.17) is 5.11 Å². The topological polar surface area (TPSA) is 78.4 Å². The van der Waals surface area contributed by atoms with Crippen molar-refractivity contribution in [2.24, 2.45) is 0 Å². The smallest absolute Gasteiger partial charge is 0.251 e. The average Bonchev–Trinajstić information content (AvgIpc) is 2.36. The molecular weight excluding hydrogens is 220 g/mol. The van der Waals surface area contributed by atoms with E-state index in [0.29, 0.717) is 5.56 Å². The summed E-state index contributed by atoms with van der Waals surface area (Å²) < 4.78 is 0. The number of rotatable bonds is 5. The largest absolute Gasteiger partial charge is 0.395 e. The molecule has 0 saturated heterocycles. The number of hydrogen-bond acceptors (Lipinski definition) is 3. The van der Waals surface area contributed by atoms with Gasteiger partial charge in [0.2, 0.25) is 5.91 Å². The van der Waals surface area contributed by atoms with Crippen molar-refractivity contribution in [2.45, 2.75) is 13.0 Å². The van der Waals surface area contributed by atoms with E-state index in [0.717, 1.165) is 0 Å². The van der Waals surface area contributed by atoms with Crippen LogP contribution in [0.5, 0.6) is 0 Å². The molecule has 1 atom stereocenters. The van der Waals surface area contributed by atoms with E-state index < -0.39 is 6.04 Å². The molecule has 0 aromatic heterocycles. The van der Waals surface area contributed by atoms with Gasteiger partial charge in [0.25, 0.3) is 5.91 Å². The van der Waals surface area contributed by atoms with Crippen molar-refractivity contribution in [3.05, 3.63) is 35.9 Å². The Morgan fingerprint density at radius 1 is 1.29 bits per heavy atom. The van der Waals surface area contributed by atoms with Gasteiger partial charge in [0.05, 0.1) is 6.61 Å². The number of amides is 2. The molecule has 0 bridgehead atoms. The molecule has 92 valence electrons. The Morgan fingerprint density at radius 3 is 2.53 bits per heavy atom. The number of nitrogens with one attached hydrogen (secondary N) is 2. The van der Waals surface area contributed by atoms with Gasteiger partial charge in [0.1, 0.15) is 6.04 Å². The molecule has 0 unspecified atom stereocenters. The maximum Gasteiger partial charge on any atom is 0.251 e. The van der Waals surface area contributed by atoms with E-state index in [1.165, 1.54) is 0 Å². The van der Waals surface area contributed by atoms with Crippen molar-refractivity contribution in [3.8, 4) is 0 Å². The quantitative estimate of drug-likeness (QED) is 0.668. The van der Waals surface area contributed by atoms with E-state index in [1.54, 1.807) is 31.2 Å². The van der Waals surface area contributed by atoms with Crippen LogP contribution in [0.25, 0.3) is 0 Å². The Balaban J connectivity index is 2.49. The summed E-state index contributed by atoms with van der Waals surface area (Å²) in [6.45, 7) is 1.66. The molecule has 17 heavy (non-hydrogen) atoms. The summed E-state index contributed by atoms with van der Waals surface area (Å²) in [5.74, 6) is -0.611. The van der Waals surface area contributed by atoms with Crippen molar-refractivity contribution in [2.75, 3.05) is 13.2 Å². The summed E-state index contributed by atoms with van der Waals surface area (Å²) in [4.78, 5) is 23.1. The normalized spacial score (nSPS) is 11.6. The minimum absolute atomic E-state index is 0.120. The lowest BCUT2D eigenvalue weighted by Crippen LogP contribution is -2.45. The fourth-order valence-electron chi connectivity index (χ4n) is 1.27. The molecule has 3 N–H and O–H groups in total. The van der Waals surface area contributed by atoms with Crippen molar-refractivity contribution < 1.29 is 14.7 Å². The van der Waals surface area contributed by atoms with Gasteiger partial charge in [-0.05, 0) is 19.1 Å². The maximum absolute atomic E-state index is 11.7. The van der Waals surface area contributed by atoms with Crippen LogP contribution in [0.3, 0.4) is 0 Å². The predicted molar refractivity (Wildman–Crippen MR) is 63.5 cm³/mol. The number of aliphatic hydroxyl groups is 1. The average molecular weight is 236 g/mol. The minimum atomic E-state index is -0.630. The lowest BCUT2D eigenvalue weighted by atomic mass is 10.2. The first kappa shape index (κ1) is 13.2. The summed E-state index contributed by atoms with van der Waals surface area (Å²) in [6, 6.07) is 8.04. The van der Waals surface area contributed by atoms with E-state index in [9.17, 15) is 9.59 Å². The second-order valence-corrected chi connectivity index (χ2v) is 3.58. The first-order chi connectivity index (χ1) is 8.15. The lowest BCUT2D eigenvalue weighted by molar-refractivity contribution is -0.122. The Morgan fingerprint density at radius 2 is 1.94 bits per heavy atom. The number of hydrogen-bond donors (Lipinski definition) is 3. The highest BCUT2D eigenvalue weighted by atomic mass is 16.3. The molecule has 0 heterocycles. The standard InChI is InChI=1S/C12H16N2O3/c1-9(11(16)13-7-8-15)14-12(17)10-5-3-2-4-6-10/h2-6,9,15H,7-8H2,1H3,(H,13,16)(H,14,17)/t9-/m0/s1. The zero-order chi connectivity index (χ0) is 12.7. The van der Waals surface area contributed by atoms with Gasteiger partial charge in [-0.1, -0.05) is 18.2 Å². The highest BCUT2D eigenvalue weighted by Gasteiger charge is 2.15. The molecule has 0 aliphatic heterocycles. The van der Waals surface area contributed by atoms with E-state index >= 15 is 0 Å². The molecule has 5 nitrogen and oxygen atoms in total. The van der Waals surface area contributed by atoms with Gasteiger partial charge in [-0.3, -0.25) is 9.59 Å². The molecule has 0 saturated carbocycles. The zero-order valence-electron chi connectivity index (χ0n) is 9.64. The van der Waals surface area contributed by atoms with Gasteiger partial charge in [-0.25, -0.2) is 0 Å². The Bertz CT molecular complexity index is 379. The van der Waals surface area contributed by atoms with E-state index in [-0.39, 0.29) is 25.0 Å². The molecule has 0 fully saturated rings. The van der Waals surface area contributed by atoms with Crippen molar-refractivity contribution >= 4 is 11.8 Å². The predicted octanol–water partition coefficient (Wildman–Crippen LogP) is -0.0866. The van der Waals surface area contributed by atoms with E-state index in [1.807, 2.05) is 6.07 Å². The van der Waals surface area contributed by atoms with Crippen LogP contribution >= 0.6 is 0 Å². The summed E-state index contributed by atoms with van der Waals surface area (Å²) >= 11 is 0. The monoisotopic (exact) mass is 236 g/mol. The summed E-state index contributed by atoms with van der Waals surface area (Å²) in [5, 5.41) is 13.6. The summed E-state index contributed by atoms with van der Waals surface area (Å²) in [6.07, 6.45) is 0. The number of carbonyl (C=O) groups excluding carboxylic acids is 2. The Kier molecular flexibility index (Phi) is 5.16. The second kappa shape index (κ2) is 6.65. The highest BCUT2D eigenvalue weighted by molar-refractivity contribution is 5.97. The van der Waals surface area contributed by atoms with Crippen LogP contribution < -0.4 is 10.6 Å². The molecular formula is C12H16N2O3. The lowest BCUT2D eigenvalue weighted by Gasteiger charge is -2.13. The Labute approximate surface area is 99.8 Å². The van der Waals surface area contributed by atoms with Crippen LogP contribution in [0.1, 0.15) is 17.3 Å². The van der Waals surface area contributed by atoms with Crippen LogP contribution in [-0.4, -0.2) is 36.1 Å². The molecule has 0 aliphatic carbocycles. The molecule has 0 aliphatic rings. The molecule has 1 aromatic carbocycles.